The number of aliphatic hydroxyl groups is 1. The summed E-state index contributed by atoms with van der Waals surface area (Å²) in [5.74, 6) is -0.509. The molecule has 3 amide bonds. The topological polar surface area (TPSA) is 116 Å². The zero-order chi connectivity index (χ0) is 28.5. The average molecular weight is 540 g/mol. The van der Waals surface area contributed by atoms with Gasteiger partial charge >= 0.3 is 6.03 Å². The first-order valence-corrected chi connectivity index (χ1v) is 13.3. The number of rotatable bonds is 10. The largest absolute Gasteiger partial charge is 0.384 e. The van der Waals surface area contributed by atoms with Gasteiger partial charge in [-0.2, -0.15) is 0 Å². The number of anilines is 2. The van der Waals surface area contributed by atoms with Gasteiger partial charge in [-0.15, -0.1) is 0 Å². The minimum atomic E-state index is -1.26. The Morgan fingerprint density at radius 2 is 1.73 bits per heavy atom. The van der Waals surface area contributed by atoms with Crippen LogP contribution in [0.15, 0.2) is 78.9 Å². The summed E-state index contributed by atoms with van der Waals surface area (Å²) in [4.78, 5) is 49.9. The molecule has 0 radical (unpaired) electrons. The summed E-state index contributed by atoms with van der Waals surface area (Å²) in [7, 11) is 0. The number of benzene rings is 3. The van der Waals surface area contributed by atoms with Gasteiger partial charge in [0, 0.05) is 22.5 Å². The van der Waals surface area contributed by atoms with E-state index in [0.717, 1.165) is 24.0 Å². The van der Waals surface area contributed by atoms with Crippen molar-refractivity contribution in [2.45, 2.75) is 45.3 Å². The SMILES string of the molecule is CC(=O)c1cccc(NC(=O)N(Cc2ccc(C(=O)NC[C@@H](O)C=O)cc2)c2ccc(C3=CCCCC3)cc2)c1. The molecule has 1 atom stereocenters. The Hall–Kier alpha value is -4.56. The maximum Gasteiger partial charge on any atom is 0.326 e. The van der Waals surface area contributed by atoms with Crippen LogP contribution < -0.4 is 15.5 Å². The van der Waals surface area contributed by atoms with Crippen molar-refractivity contribution in [2.75, 3.05) is 16.8 Å². The second kappa shape index (κ2) is 13.5. The lowest BCUT2D eigenvalue weighted by Gasteiger charge is -2.24. The Balaban J connectivity index is 1.55. The summed E-state index contributed by atoms with van der Waals surface area (Å²) in [6.45, 7) is 1.53. The van der Waals surface area contributed by atoms with Crippen LogP contribution in [0.5, 0.6) is 0 Å². The zero-order valence-electron chi connectivity index (χ0n) is 22.4. The highest BCUT2D eigenvalue weighted by Gasteiger charge is 2.18. The monoisotopic (exact) mass is 539 g/mol. The van der Waals surface area contributed by atoms with Crippen molar-refractivity contribution in [1.29, 1.82) is 0 Å². The van der Waals surface area contributed by atoms with Gasteiger partial charge in [0.2, 0.25) is 0 Å². The summed E-state index contributed by atoms with van der Waals surface area (Å²) in [5.41, 5.74) is 5.34. The lowest BCUT2D eigenvalue weighted by atomic mass is 9.93. The predicted molar refractivity (Wildman–Crippen MR) is 155 cm³/mol. The number of carbonyl (C=O) groups excluding carboxylic acids is 4. The van der Waals surface area contributed by atoms with E-state index in [-0.39, 0.29) is 24.9 Å². The number of hydrogen-bond donors (Lipinski definition) is 3. The molecule has 40 heavy (non-hydrogen) atoms. The Bertz CT molecular complexity index is 1400. The molecule has 3 aromatic rings. The minimum Gasteiger partial charge on any atom is -0.384 e. The molecule has 0 bridgehead atoms. The minimum absolute atomic E-state index is 0.0923. The van der Waals surface area contributed by atoms with E-state index in [9.17, 15) is 24.3 Å². The Labute approximate surface area is 233 Å². The van der Waals surface area contributed by atoms with E-state index in [4.69, 9.17) is 0 Å². The molecule has 1 aliphatic rings. The second-order valence-electron chi connectivity index (χ2n) is 9.79. The van der Waals surface area contributed by atoms with Crippen molar-refractivity contribution in [3.8, 4) is 0 Å². The van der Waals surface area contributed by atoms with Crippen molar-refractivity contribution < 1.29 is 24.3 Å². The van der Waals surface area contributed by atoms with Crippen molar-refractivity contribution >= 4 is 41.0 Å². The fourth-order valence-electron chi connectivity index (χ4n) is 4.53. The third kappa shape index (κ3) is 7.51. The van der Waals surface area contributed by atoms with Crippen LogP contribution in [-0.4, -0.2) is 41.8 Å². The van der Waals surface area contributed by atoms with E-state index in [1.807, 2.05) is 24.3 Å². The summed E-state index contributed by atoms with van der Waals surface area (Å²) < 4.78 is 0. The van der Waals surface area contributed by atoms with Gasteiger partial charge in [0.1, 0.15) is 12.4 Å². The molecule has 4 rings (SSSR count). The van der Waals surface area contributed by atoms with Gasteiger partial charge in [-0.3, -0.25) is 14.5 Å². The molecule has 0 aliphatic heterocycles. The molecule has 0 unspecified atom stereocenters. The van der Waals surface area contributed by atoms with Crippen LogP contribution in [0.3, 0.4) is 0 Å². The van der Waals surface area contributed by atoms with E-state index in [2.05, 4.69) is 16.7 Å². The molecule has 206 valence electrons. The molecule has 0 saturated heterocycles. The second-order valence-corrected chi connectivity index (χ2v) is 9.79. The number of ketones is 1. The number of Topliss-reactive ketones (excluding diaryl/α,β-unsaturated/α-hetero) is 1. The number of aldehydes is 1. The number of aliphatic hydroxyl groups excluding tert-OH is 1. The predicted octanol–water partition coefficient (Wildman–Crippen LogP) is 5.37. The lowest BCUT2D eigenvalue weighted by Crippen LogP contribution is -2.34. The average Bonchev–Trinajstić information content (AvgIpc) is 2.99. The van der Waals surface area contributed by atoms with Gasteiger partial charge in [0.05, 0.1) is 13.1 Å². The molecule has 0 aromatic heterocycles. The molecule has 0 saturated carbocycles. The van der Waals surface area contributed by atoms with Gasteiger partial charge in [-0.1, -0.05) is 42.5 Å². The molecule has 3 aromatic carbocycles. The molecule has 0 fully saturated rings. The third-order valence-electron chi connectivity index (χ3n) is 6.79. The van der Waals surface area contributed by atoms with Crippen LogP contribution in [0.1, 0.15) is 64.4 Å². The van der Waals surface area contributed by atoms with Crippen LogP contribution in [0.2, 0.25) is 0 Å². The molecule has 8 heteroatoms. The molecular formula is C32H33N3O5. The van der Waals surface area contributed by atoms with E-state index < -0.39 is 12.0 Å². The standard InChI is InChI=1S/C32H33N3O5/c1-22(37)27-8-5-9-28(18-27)34-32(40)35(29-16-14-25(15-17-29)24-6-3-2-4-7-24)20-23-10-12-26(13-11-23)31(39)33-19-30(38)21-36/h5-6,8-18,21,30,38H,2-4,7,19-20H2,1H3,(H,33,39)(H,34,40)/t30-/m1/s1. The fraction of sp³-hybridized carbons (Fsp3) is 0.250. The van der Waals surface area contributed by atoms with E-state index in [1.54, 1.807) is 53.4 Å². The van der Waals surface area contributed by atoms with Crippen LogP contribution in [0, 0.1) is 0 Å². The number of nitrogens with zero attached hydrogens (tertiary/aromatic N) is 1. The number of amides is 3. The number of carbonyl (C=O) groups is 4. The van der Waals surface area contributed by atoms with E-state index >= 15 is 0 Å². The highest BCUT2D eigenvalue weighted by Crippen LogP contribution is 2.29. The zero-order valence-corrected chi connectivity index (χ0v) is 22.4. The van der Waals surface area contributed by atoms with Crippen LogP contribution >= 0.6 is 0 Å². The van der Waals surface area contributed by atoms with Gasteiger partial charge < -0.3 is 20.5 Å². The van der Waals surface area contributed by atoms with E-state index in [0.29, 0.717) is 28.8 Å². The van der Waals surface area contributed by atoms with Crippen molar-refractivity contribution in [3.05, 3.63) is 101 Å². The normalized spacial score (nSPS) is 13.5. The number of urea groups is 1. The molecule has 8 nitrogen and oxygen atoms in total. The Kier molecular flexibility index (Phi) is 9.59. The molecule has 0 heterocycles. The van der Waals surface area contributed by atoms with Gasteiger partial charge in [-0.05, 0) is 85.7 Å². The van der Waals surface area contributed by atoms with Crippen LogP contribution in [0.25, 0.3) is 5.57 Å². The number of allylic oxidation sites excluding steroid dienone is 2. The van der Waals surface area contributed by atoms with E-state index in [1.165, 1.54) is 25.3 Å². The molecule has 0 spiro atoms. The van der Waals surface area contributed by atoms with Gasteiger partial charge in [-0.25, -0.2) is 4.79 Å². The highest BCUT2D eigenvalue weighted by molar-refractivity contribution is 6.03. The van der Waals surface area contributed by atoms with Gasteiger partial charge in [0.15, 0.2) is 5.78 Å². The highest BCUT2D eigenvalue weighted by atomic mass is 16.3. The maximum absolute atomic E-state index is 13.5. The summed E-state index contributed by atoms with van der Waals surface area (Å²) >= 11 is 0. The van der Waals surface area contributed by atoms with Crippen LogP contribution in [-0.2, 0) is 11.3 Å². The van der Waals surface area contributed by atoms with Crippen molar-refractivity contribution in [1.82, 2.24) is 5.32 Å². The molecular weight excluding hydrogens is 506 g/mol. The smallest absolute Gasteiger partial charge is 0.326 e. The fourth-order valence-corrected chi connectivity index (χ4v) is 4.53. The van der Waals surface area contributed by atoms with Crippen molar-refractivity contribution in [2.24, 2.45) is 0 Å². The summed E-state index contributed by atoms with van der Waals surface area (Å²) in [6, 6.07) is 21.1. The molecule has 1 aliphatic carbocycles. The number of hydrogen-bond acceptors (Lipinski definition) is 5. The Morgan fingerprint density at radius 1 is 0.975 bits per heavy atom. The first kappa shape index (κ1) is 28.4. The third-order valence-corrected chi connectivity index (χ3v) is 6.79. The lowest BCUT2D eigenvalue weighted by molar-refractivity contribution is -0.114. The maximum atomic E-state index is 13.5. The molecule has 3 N–H and O–H groups in total. The first-order chi connectivity index (χ1) is 19.3. The summed E-state index contributed by atoms with van der Waals surface area (Å²) in [6.07, 6.45) is 5.89. The van der Waals surface area contributed by atoms with Gasteiger partial charge in [0.25, 0.3) is 5.91 Å². The first-order valence-electron chi connectivity index (χ1n) is 13.3. The quantitative estimate of drug-likeness (QED) is 0.237. The number of nitrogens with one attached hydrogen (secondary N) is 2. The van der Waals surface area contributed by atoms with Crippen molar-refractivity contribution in [3.63, 3.8) is 0 Å². The Morgan fingerprint density at radius 3 is 2.38 bits per heavy atom. The van der Waals surface area contributed by atoms with Crippen LogP contribution in [0.4, 0.5) is 16.2 Å². The summed E-state index contributed by atoms with van der Waals surface area (Å²) in [5, 5.41) is 14.8.